The van der Waals surface area contributed by atoms with Crippen molar-refractivity contribution in [3.05, 3.63) is 0 Å². The summed E-state index contributed by atoms with van der Waals surface area (Å²) in [5.74, 6) is -1.25. The van der Waals surface area contributed by atoms with Crippen LogP contribution in [-0.2, 0) is 9.09 Å². The van der Waals surface area contributed by atoms with E-state index >= 15 is 0 Å². The second kappa shape index (κ2) is 2.36. The summed E-state index contributed by atoms with van der Waals surface area (Å²) in [6.45, 7) is 2.83. The zero-order valence-corrected chi connectivity index (χ0v) is 5.26. The molecule has 1 unspecified atom stereocenters. The molecule has 0 heterocycles. The van der Waals surface area contributed by atoms with Crippen LogP contribution in [-0.4, -0.2) is 10.9 Å². The minimum atomic E-state index is -1.25. The van der Waals surface area contributed by atoms with Crippen LogP contribution in [0.4, 0.5) is 0 Å². The summed E-state index contributed by atoms with van der Waals surface area (Å²) in [5.41, 5.74) is 0. The van der Waals surface area contributed by atoms with Crippen molar-refractivity contribution in [2.45, 2.75) is 19.6 Å². The summed E-state index contributed by atoms with van der Waals surface area (Å²) in [5, 5.41) is 8.60. The Balaban J connectivity index is 3.34. The van der Waals surface area contributed by atoms with Crippen molar-refractivity contribution in [1.29, 1.82) is 0 Å². The lowest BCUT2D eigenvalue weighted by Crippen LogP contribution is -2.17. The fraction of sp³-hybridized carbons (Fsp3) is 1.00. The molecule has 0 aromatic rings. The molecule has 3 nitrogen and oxygen atoms in total. The Kier molecular flexibility index (Phi) is 2.37. The lowest BCUT2D eigenvalue weighted by molar-refractivity contribution is -0.0961. The first kappa shape index (κ1) is 7.02. The average Bonchev–Trinajstić information content (AvgIpc) is 1.30. The lowest BCUT2D eigenvalue weighted by Gasteiger charge is -2.04. The van der Waals surface area contributed by atoms with E-state index in [0.29, 0.717) is 0 Å². The van der Waals surface area contributed by atoms with Gasteiger partial charge in [0.25, 0.3) is 0 Å². The summed E-state index contributed by atoms with van der Waals surface area (Å²) in [6.07, 6.45) is 0. The van der Waals surface area contributed by atoms with Crippen molar-refractivity contribution < 1.29 is 14.2 Å². The Morgan fingerprint density at radius 2 is 2.14 bits per heavy atom. The third-order valence-corrected chi connectivity index (χ3v) is 0.874. The molecule has 0 aromatic carbocycles. The molecule has 1 N–H and O–H groups in total. The van der Waals surface area contributed by atoms with Crippen molar-refractivity contribution >= 4 is 8.69 Å². The molecule has 0 aliphatic carbocycles. The Labute approximate surface area is 43.6 Å². The lowest BCUT2D eigenvalue weighted by atomic mass is 10.4. The van der Waals surface area contributed by atoms with E-state index in [4.69, 9.17) is 5.11 Å². The molecule has 0 amide bonds. The quantitative estimate of drug-likeness (QED) is 0.433. The van der Waals surface area contributed by atoms with Crippen molar-refractivity contribution in [2.75, 3.05) is 0 Å². The highest BCUT2D eigenvalue weighted by Gasteiger charge is 2.17. The van der Waals surface area contributed by atoms with Gasteiger partial charge in [-0.1, -0.05) is 0 Å². The van der Waals surface area contributed by atoms with Crippen molar-refractivity contribution in [1.82, 2.24) is 0 Å². The van der Waals surface area contributed by atoms with Gasteiger partial charge in [0.1, 0.15) is 0 Å². The van der Waals surface area contributed by atoms with E-state index in [1.54, 1.807) is 0 Å². The van der Waals surface area contributed by atoms with Gasteiger partial charge in [0, 0.05) is 0 Å². The SMILES string of the molecule is CC(C)(O)O[PH+]=O. The van der Waals surface area contributed by atoms with Crippen LogP contribution >= 0.6 is 8.69 Å². The number of rotatable bonds is 2. The normalized spacial score (nSPS) is 12.4. The van der Waals surface area contributed by atoms with Crippen LogP contribution in [0.25, 0.3) is 0 Å². The standard InChI is InChI=1S/C3H8O3P/c1-3(2,4)6-7-5/h4,7H,1-2H3/q+1. The summed E-state index contributed by atoms with van der Waals surface area (Å²) in [4.78, 5) is 0. The first-order valence-electron chi connectivity index (χ1n) is 1.84. The zero-order chi connectivity index (χ0) is 5.91. The van der Waals surface area contributed by atoms with Gasteiger partial charge in [-0.2, -0.15) is 0 Å². The summed E-state index contributed by atoms with van der Waals surface area (Å²) in [7, 11) is -0.891. The maximum Gasteiger partial charge on any atom is 0.497 e. The molecule has 42 valence electrons. The third kappa shape index (κ3) is 6.02. The molecule has 0 spiro atoms. The Hall–Kier alpha value is 0.0200. The number of aliphatic hydroxyl groups is 1. The Bertz CT molecular complexity index is 65.1. The van der Waals surface area contributed by atoms with Gasteiger partial charge in [-0.3, -0.25) is 0 Å². The fourth-order valence-corrected chi connectivity index (χ4v) is 0.306. The summed E-state index contributed by atoms with van der Waals surface area (Å²) < 4.78 is 13.8. The molecular weight excluding hydrogens is 115 g/mol. The monoisotopic (exact) mass is 123 g/mol. The molecule has 0 rings (SSSR count). The van der Waals surface area contributed by atoms with Gasteiger partial charge >= 0.3 is 8.69 Å². The first-order valence-corrected chi connectivity index (χ1v) is 2.65. The molecule has 0 aliphatic rings. The van der Waals surface area contributed by atoms with Crippen LogP contribution < -0.4 is 0 Å². The second-order valence-electron chi connectivity index (χ2n) is 1.63. The van der Waals surface area contributed by atoms with Crippen LogP contribution in [0.3, 0.4) is 0 Å². The topological polar surface area (TPSA) is 46.5 Å². The van der Waals surface area contributed by atoms with Crippen LogP contribution in [0.5, 0.6) is 0 Å². The van der Waals surface area contributed by atoms with Crippen molar-refractivity contribution in [3.63, 3.8) is 0 Å². The summed E-state index contributed by atoms with van der Waals surface area (Å²) in [6, 6.07) is 0. The number of hydrogen-bond donors (Lipinski definition) is 1. The van der Waals surface area contributed by atoms with Gasteiger partial charge in [0.2, 0.25) is 5.79 Å². The minimum Gasteiger partial charge on any atom is -0.362 e. The van der Waals surface area contributed by atoms with Gasteiger partial charge < -0.3 is 5.11 Å². The van der Waals surface area contributed by atoms with Crippen molar-refractivity contribution in [3.8, 4) is 0 Å². The smallest absolute Gasteiger partial charge is 0.362 e. The molecule has 7 heavy (non-hydrogen) atoms. The molecule has 1 atom stereocenters. The second-order valence-corrected chi connectivity index (χ2v) is 2.00. The Morgan fingerprint density at radius 1 is 1.71 bits per heavy atom. The van der Waals surface area contributed by atoms with Crippen LogP contribution in [0.15, 0.2) is 0 Å². The average molecular weight is 123 g/mol. The predicted octanol–water partition coefficient (Wildman–Crippen LogP) is 0.670. The molecule has 0 fully saturated rings. The van der Waals surface area contributed by atoms with E-state index < -0.39 is 14.5 Å². The molecule has 4 heteroatoms. The van der Waals surface area contributed by atoms with E-state index in [1.807, 2.05) is 0 Å². The summed E-state index contributed by atoms with van der Waals surface area (Å²) >= 11 is 0. The number of hydrogen-bond acceptors (Lipinski definition) is 3. The molecule has 0 aromatic heterocycles. The maximum absolute atomic E-state index is 9.59. The van der Waals surface area contributed by atoms with Crippen LogP contribution in [0.2, 0.25) is 0 Å². The fourth-order valence-electron chi connectivity index (χ4n) is 0.102. The third-order valence-electron chi connectivity index (χ3n) is 0.291. The highest BCUT2D eigenvalue weighted by atomic mass is 31.1. The highest BCUT2D eigenvalue weighted by Crippen LogP contribution is 2.10. The molecule has 0 saturated carbocycles. The largest absolute Gasteiger partial charge is 0.497 e. The van der Waals surface area contributed by atoms with E-state index in [9.17, 15) is 4.57 Å². The maximum atomic E-state index is 9.59. The van der Waals surface area contributed by atoms with E-state index in [0.717, 1.165) is 0 Å². The van der Waals surface area contributed by atoms with Gasteiger partial charge in [0.05, 0.1) is 0 Å². The zero-order valence-electron chi connectivity index (χ0n) is 4.26. The van der Waals surface area contributed by atoms with Crippen LogP contribution in [0, 0.1) is 0 Å². The predicted molar refractivity (Wildman–Crippen MR) is 26.4 cm³/mol. The van der Waals surface area contributed by atoms with Gasteiger partial charge in [0.15, 0.2) is 0 Å². The highest BCUT2D eigenvalue weighted by molar-refractivity contribution is 7.17. The Morgan fingerprint density at radius 3 is 2.14 bits per heavy atom. The van der Waals surface area contributed by atoms with E-state index in [2.05, 4.69) is 4.52 Å². The molecule has 0 saturated heterocycles. The molecular formula is C3H8O3P+. The van der Waals surface area contributed by atoms with Gasteiger partial charge in [-0.15, -0.1) is 4.52 Å². The van der Waals surface area contributed by atoms with Gasteiger partial charge in [-0.25, -0.2) is 0 Å². The molecule has 0 radical (unpaired) electrons. The van der Waals surface area contributed by atoms with Crippen molar-refractivity contribution in [2.24, 2.45) is 0 Å². The van der Waals surface area contributed by atoms with E-state index in [-0.39, 0.29) is 0 Å². The molecule has 0 aliphatic heterocycles. The van der Waals surface area contributed by atoms with Crippen LogP contribution in [0.1, 0.15) is 13.8 Å². The minimum absolute atomic E-state index is 0.891. The van der Waals surface area contributed by atoms with E-state index in [1.165, 1.54) is 13.8 Å². The van der Waals surface area contributed by atoms with Gasteiger partial charge in [-0.05, 0) is 18.4 Å². The first-order chi connectivity index (χ1) is 3.06. The molecule has 0 bridgehead atoms.